The summed E-state index contributed by atoms with van der Waals surface area (Å²) in [5, 5.41) is 3.06. The molecule has 0 radical (unpaired) electrons. The molecule has 2 aromatic rings. The Morgan fingerprint density at radius 1 is 1.38 bits per heavy atom. The number of anilines is 1. The number of nitrogen functional groups attached to an aromatic ring is 1. The van der Waals surface area contributed by atoms with E-state index in [9.17, 15) is 0 Å². The highest BCUT2D eigenvalue weighted by Crippen LogP contribution is 2.12. The smallest absolute Gasteiger partial charge is 0.0969 e. The lowest BCUT2D eigenvalue weighted by atomic mass is 10.2. The lowest BCUT2D eigenvalue weighted by Crippen LogP contribution is -1.91. The van der Waals surface area contributed by atoms with Crippen molar-refractivity contribution < 1.29 is 0 Å². The summed E-state index contributed by atoms with van der Waals surface area (Å²) < 4.78 is 0. The Bertz CT molecular complexity index is 384. The van der Waals surface area contributed by atoms with Crippen molar-refractivity contribution in [3.05, 3.63) is 40.6 Å². The maximum Gasteiger partial charge on any atom is 0.0969 e. The van der Waals surface area contributed by atoms with Crippen LogP contribution in [0.15, 0.2) is 30.0 Å². The summed E-state index contributed by atoms with van der Waals surface area (Å²) in [5.74, 6) is 0. The van der Waals surface area contributed by atoms with Gasteiger partial charge < -0.3 is 5.73 Å². The fourth-order valence-corrected chi connectivity index (χ4v) is 1.77. The topological polar surface area (TPSA) is 51.8 Å². The van der Waals surface area contributed by atoms with Crippen molar-refractivity contribution in [3.63, 3.8) is 0 Å². The highest BCUT2D eigenvalue weighted by Gasteiger charge is 1.98. The molecule has 0 saturated carbocycles. The van der Waals surface area contributed by atoms with Gasteiger partial charge in [0.15, 0.2) is 0 Å². The fourth-order valence-electron chi connectivity index (χ4n) is 1.12. The lowest BCUT2D eigenvalue weighted by Gasteiger charge is -1.97. The van der Waals surface area contributed by atoms with Gasteiger partial charge >= 0.3 is 0 Å². The van der Waals surface area contributed by atoms with Crippen molar-refractivity contribution in [2.24, 2.45) is 0 Å². The highest BCUT2D eigenvalue weighted by atomic mass is 32.1. The summed E-state index contributed by atoms with van der Waals surface area (Å²) >= 11 is 1.64. The van der Waals surface area contributed by atoms with Gasteiger partial charge in [-0.2, -0.15) is 0 Å². The Labute approximate surface area is 80.3 Å². The summed E-state index contributed by atoms with van der Waals surface area (Å²) in [7, 11) is 0. The van der Waals surface area contributed by atoms with E-state index in [1.54, 1.807) is 23.7 Å². The van der Waals surface area contributed by atoms with Gasteiger partial charge in [-0.1, -0.05) is 0 Å². The number of thiazole rings is 1. The first-order valence-electron chi connectivity index (χ1n) is 3.92. The predicted molar refractivity (Wildman–Crippen MR) is 53.6 cm³/mol. The summed E-state index contributed by atoms with van der Waals surface area (Å²) in [6.45, 7) is 0. The third-order valence-corrected chi connectivity index (χ3v) is 2.43. The second-order valence-corrected chi connectivity index (χ2v) is 3.71. The number of nitrogens with two attached hydrogens (primary N) is 1. The molecule has 0 aliphatic heterocycles. The maximum atomic E-state index is 5.61. The highest BCUT2D eigenvalue weighted by molar-refractivity contribution is 7.09. The molecule has 0 aliphatic carbocycles. The van der Waals surface area contributed by atoms with Crippen LogP contribution in [0.1, 0.15) is 10.6 Å². The quantitative estimate of drug-likeness (QED) is 0.786. The van der Waals surface area contributed by atoms with Crippen molar-refractivity contribution in [1.82, 2.24) is 9.97 Å². The van der Waals surface area contributed by atoms with Crippen molar-refractivity contribution in [1.29, 1.82) is 0 Å². The van der Waals surface area contributed by atoms with Gasteiger partial charge in [-0.05, 0) is 11.6 Å². The van der Waals surface area contributed by atoms with E-state index in [1.807, 2.05) is 17.6 Å². The largest absolute Gasteiger partial charge is 0.397 e. The zero-order valence-electron chi connectivity index (χ0n) is 6.97. The molecule has 2 N–H and O–H groups in total. The molecule has 0 saturated heterocycles. The Morgan fingerprint density at radius 3 is 3.00 bits per heavy atom. The van der Waals surface area contributed by atoms with E-state index in [0.717, 1.165) is 17.0 Å². The molecule has 2 rings (SSSR count). The molecule has 0 fully saturated rings. The third-order valence-electron chi connectivity index (χ3n) is 1.65. The summed E-state index contributed by atoms with van der Waals surface area (Å²) in [5.41, 5.74) is 7.42. The second-order valence-electron chi connectivity index (χ2n) is 2.73. The van der Waals surface area contributed by atoms with Crippen LogP contribution < -0.4 is 5.73 Å². The Hall–Kier alpha value is -1.42. The predicted octanol–water partition coefficient (Wildman–Crippen LogP) is 1.71. The third kappa shape index (κ3) is 2.03. The molecule has 0 aromatic carbocycles. The molecule has 0 bridgehead atoms. The zero-order valence-corrected chi connectivity index (χ0v) is 7.79. The molecule has 0 unspecified atom stereocenters. The van der Waals surface area contributed by atoms with Crippen LogP contribution in [-0.2, 0) is 6.42 Å². The Balaban J connectivity index is 2.19. The standard InChI is InChI=1S/C9H9N3S/c10-8-3-7(5-11-6-8)4-9-12-1-2-13-9/h1-3,5-6H,4,10H2. The fraction of sp³-hybridized carbons (Fsp3) is 0.111. The summed E-state index contributed by atoms with van der Waals surface area (Å²) in [6, 6.07) is 1.92. The maximum absolute atomic E-state index is 5.61. The van der Waals surface area contributed by atoms with Gasteiger partial charge in [0.05, 0.1) is 10.7 Å². The van der Waals surface area contributed by atoms with E-state index in [4.69, 9.17) is 5.73 Å². The number of pyridine rings is 1. The van der Waals surface area contributed by atoms with E-state index < -0.39 is 0 Å². The first kappa shape index (κ1) is 8.19. The van der Waals surface area contributed by atoms with E-state index in [0.29, 0.717) is 5.69 Å². The molecule has 0 atom stereocenters. The van der Waals surface area contributed by atoms with Crippen molar-refractivity contribution in [3.8, 4) is 0 Å². The molecule has 2 heterocycles. The summed E-state index contributed by atoms with van der Waals surface area (Å²) in [4.78, 5) is 8.21. The van der Waals surface area contributed by atoms with Gasteiger partial charge in [0.1, 0.15) is 0 Å². The molecule has 2 aromatic heterocycles. The number of aromatic nitrogens is 2. The number of hydrogen-bond acceptors (Lipinski definition) is 4. The van der Waals surface area contributed by atoms with Crippen LogP contribution in [-0.4, -0.2) is 9.97 Å². The average Bonchev–Trinajstić information content (AvgIpc) is 2.57. The van der Waals surface area contributed by atoms with Crippen LogP contribution >= 0.6 is 11.3 Å². The van der Waals surface area contributed by atoms with E-state index in [1.165, 1.54) is 0 Å². The molecule has 13 heavy (non-hydrogen) atoms. The number of nitrogens with zero attached hydrogens (tertiary/aromatic N) is 2. The van der Waals surface area contributed by atoms with E-state index in [-0.39, 0.29) is 0 Å². The molecule has 4 heteroatoms. The normalized spacial score (nSPS) is 10.2. The van der Waals surface area contributed by atoms with Crippen molar-refractivity contribution in [2.75, 3.05) is 5.73 Å². The first-order chi connectivity index (χ1) is 6.34. The van der Waals surface area contributed by atoms with Crippen LogP contribution in [0.2, 0.25) is 0 Å². The van der Waals surface area contributed by atoms with Crippen LogP contribution in [0, 0.1) is 0 Å². The Morgan fingerprint density at radius 2 is 2.31 bits per heavy atom. The van der Waals surface area contributed by atoms with Gasteiger partial charge in [0.2, 0.25) is 0 Å². The first-order valence-corrected chi connectivity index (χ1v) is 4.80. The van der Waals surface area contributed by atoms with Gasteiger partial charge in [-0.25, -0.2) is 4.98 Å². The monoisotopic (exact) mass is 191 g/mol. The average molecular weight is 191 g/mol. The molecule has 3 nitrogen and oxygen atoms in total. The van der Waals surface area contributed by atoms with Crippen molar-refractivity contribution >= 4 is 17.0 Å². The summed E-state index contributed by atoms with van der Waals surface area (Å²) in [6.07, 6.45) is 6.08. The second kappa shape index (κ2) is 3.53. The van der Waals surface area contributed by atoms with Crippen LogP contribution in [0.4, 0.5) is 5.69 Å². The SMILES string of the molecule is Nc1cncc(Cc2nccs2)c1. The minimum atomic E-state index is 0.703. The van der Waals surface area contributed by atoms with Gasteiger partial charge in [0.25, 0.3) is 0 Å². The molecule has 66 valence electrons. The van der Waals surface area contributed by atoms with Crippen LogP contribution in [0.25, 0.3) is 0 Å². The van der Waals surface area contributed by atoms with Gasteiger partial charge in [-0.3, -0.25) is 4.98 Å². The molecular weight excluding hydrogens is 182 g/mol. The minimum absolute atomic E-state index is 0.703. The number of hydrogen-bond donors (Lipinski definition) is 1. The lowest BCUT2D eigenvalue weighted by molar-refractivity contribution is 1.11. The minimum Gasteiger partial charge on any atom is -0.397 e. The molecular formula is C9H9N3S. The van der Waals surface area contributed by atoms with E-state index >= 15 is 0 Å². The number of rotatable bonds is 2. The molecule has 0 amide bonds. The van der Waals surface area contributed by atoms with Gasteiger partial charge in [-0.15, -0.1) is 11.3 Å². The van der Waals surface area contributed by atoms with E-state index in [2.05, 4.69) is 9.97 Å². The molecule has 0 aliphatic rings. The zero-order chi connectivity index (χ0) is 9.10. The van der Waals surface area contributed by atoms with Crippen molar-refractivity contribution in [2.45, 2.75) is 6.42 Å². The molecule has 0 spiro atoms. The van der Waals surface area contributed by atoms with Crippen LogP contribution in [0.5, 0.6) is 0 Å². The Kier molecular flexibility index (Phi) is 2.23. The van der Waals surface area contributed by atoms with Gasteiger partial charge in [0, 0.05) is 30.4 Å². The van der Waals surface area contributed by atoms with Crippen LogP contribution in [0.3, 0.4) is 0 Å².